The Kier molecular flexibility index (Phi) is 5.58. The van der Waals surface area contributed by atoms with E-state index in [1.807, 2.05) is 19.9 Å². The third kappa shape index (κ3) is 4.44. The van der Waals surface area contributed by atoms with E-state index in [1.54, 1.807) is 12.1 Å². The van der Waals surface area contributed by atoms with E-state index in [9.17, 15) is 0 Å². The number of hydrogen-bond acceptors (Lipinski definition) is 6. The Balaban J connectivity index is 2.29. The predicted octanol–water partition coefficient (Wildman–Crippen LogP) is 3.86. The topological polar surface area (TPSA) is 72.0 Å². The van der Waals surface area contributed by atoms with Crippen molar-refractivity contribution in [3.8, 4) is 6.01 Å². The molecule has 1 aromatic heterocycles. The maximum Gasteiger partial charge on any atom is 0.323 e. The highest BCUT2D eigenvalue weighted by atomic mass is 79.9. The highest BCUT2D eigenvalue weighted by Gasteiger charge is 2.09. The van der Waals surface area contributed by atoms with Crippen molar-refractivity contribution in [3.05, 3.63) is 27.7 Å². The molecular weight excluding hydrogens is 358 g/mol. The summed E-state index contributed by atoms with van der Waals surface area (Å²) in [6.07, 6.45) is 0. The van der Waals surface area contributed by atoms with Crippen LogP contribution in [0, 0.1) is 0 Å². The third-order valence-electron chi connectivity index (χ3n) is 2.40. The molecule has 0 spiro atoms. The second kappa shape index (κ2) is 7.42. The molecule has 2 aromatic rings. The zero-order chi connectivity index (χ0) is 15.2. The SMILES string of the molecule is CCNc1nc(Nc2ccc(Cl)cc2Br)nc(OCC)n1. The number of aromatic nitrogens is 3. The van der Waals surface area contributed by atoms with Crippen molar-refractivity contribution in [1.29, 1.82) is 0 Å². The number of halogens is 2. The first-order chi connectivity index (χ1) is 10.1. The van der Waals surface area contributed by atoms with E-state index in [1.165, 1.54) is 0 Å². The first-order valence-electron chi connectivity index (χ1n) is 6.47. The summed E-state index contributed by atoms with van der Waals surface area (Å²) in [5.74, 6) is 0.857. The van der Waals surface area contributed by atoms with Crippen LogP contribution in [0.2, 0.25) is 5.02 Å². The molecule has 0 aliphatic rings. The lowest BCUT2D eigenvalue weighted by Crippen LogP contribution is -2.09. The van der Waals surface area contributed by atoms with Gasteiger partial charge in [0.05, 0.1) is 12.3 Å². The van der Waals surface area contributed by atoms with Crippen molar-refractivity contribution in [3.63, 3.8) is 0 Å². The predicted molar refractivity (Wildman–Crippen MR) is 87.6 cm³/mol. The molecule has 1 aromatic carbocycles. The lowest BCUT2D eigenvalue weighted by Gasteiger charge is -2.10. The second-order valence-electron chi connectivity index (χ2n) is 3.98. The van der Waals surface area contributed by atoms with Crippen LogP contribution in [-0.2, 0) is 0 Å². The molecule has 0 fully saturated rings. The molecule has 0 saturated heterocycles. The summed E-state index contributed by atoms with van der Waals surface area (Å²) < 4.78 is 6.16. The van der Waals surface area contributed by atoms with Gasteiger partial charge in [0.1, 0.15) is 0 Å². The fraction of sp³-hybridized carbons (Fsp3) is 0.308. The van der Waals surface area contributed by atoms with Crippen molar-refractivity contribution < 1.29 is 4.74 Å². The molecule has 112 valence electrons. The summed E-state index contributed by atoms with van der Waals surface area (Å²) in [5.41, 5.74) is 0.801. The van der Waals surface area contributed by atoms with E-state index >= 15 is 0 Å². The van der Waals surface area contributed by atoms with Gasteiger partial charge < -0.3 is 15.4 Å². The Bertz CT molecular complexity index is 601. The van der Waals surface area contributed by atoms with E-state index < -0.39 is 0 Å². The molecule has 0 unspecified atom stereocenters. The van der Waals surface area contributed by atoms with E-state index in [2.05, 4.69) is 41.5 Å². The third-order valence-corrected chi connectivity index (χ3v) is 3.29. The van der Waals surface area contributed by atoms with Crippen molar-refractivity contribution in [1.82, 2.24) is 15.0 Å². The Morgan fingerprint density at radius 1 is 1.19 bits per heavy atom. The van der Waals surface area contributed by atoms with E-state index in [4.69, 9.17) is 16.3 Å². The van der Waals surface area contributed by atoms with E-state index in [0.717, 1.165) is 10.2 Å². The average molecular weight is 373 g/mol. The minimum absolute atomic E-state index is 0.274. The summed E-state index contributed by atoms with van der Waals surface area (Å²) in [5, 5.41) is 6.80. The summed E-state index contributed by atoms with van der Waals surface area (Å²) in [6, 6.07) is 5.68. The number of hydrogen-bond donors (Lipinski definition) is 2. The van der Waals surface area contributed by atoms with Crippen LogP contribution in [0.3, 0.4) is 0 Å². The number of benzene rings is 1. The first-order valence-corrected chi connectivity index (χ1v) is 7.64. The normalized spacial score (nSPS) is 10.3. The van der Waals surface area contributed by atoms with E-state index in [0.29, 0.717) is 30.1 Å². The Morgan fingerprint density at radius 2 is 1.95 bits per heavy atom. The summed E-state index contributed by atoms with van der Waals surface area (Å²) in [7, 11) is 0. The van der Waals surface area contributed by atoms with Crippen LogP contribution < -0.4 is 15.4 Å². The molecule has 21 heavy (non-hydrogen) atoms. The fourth-order valence-corrected chi connectivity index (χ4v) is 2.34. The zero-order valence-electron chi connectivity index (χ0n) is 11.7. The fourth-order valence-electron chi connectivity index (χ4n) is 1.55. The maximum atomic E-state index is 5.92. The molecule has 0 amide bonds. The first kappa shape index (κ1) is 15.8. The summed E-state index contributed by atoms with van der Waals surface area (Å²) >= 11 is 9.36. The van der Waals surface area contributed by atoms with Crippen molar-refractivity contribution in [2.75, 3.05) is 23.8 Å². The molecule has 2 rings (SSSR count). The highest BCUT2D eigenvalue weighted by Crippen LogP contribution is 2.28. The molecule has 6 nitrogen and oxygen atoms in total. The minimum atomic E-state index is 0.274. The number of nitrogens with one attached hydrogen (secondary N) is 2. The van der Waals surface area contributed by atoms with Crippen LogP contribution in [0.4, 0.5) is 17.6 Å². The van der Waals surface area contributed by atoms with Gasteiger partial charge in [-0.1, -0.05) is 11.6 Å². The molecule has 0 radical (unpaired) electrons. The minimum Gasteiger partial charge on any atom is -0.464 e. The smallest absolute Gasteiger partial charge is 0.323 e. The second-order valence-corrected chi connectivity index (χ2v) is 5.27. The van der Waals surface area contributed by atoms with Gasteiger partial charge in [-0.25, -0.2) is 0 Å². The standard InChI is InChI=1S/C13H15BrClN5O/c1-3-16-11-18-12(20-13(19-11)21-4-2)17-10-6-5-8(15)7-9(10)14/h5-7H,3-4H2,1-2H3,(H2,16,17,18,19,20). The van der Waals surface area contributed by atoms with E-state index in [-0.39, 0.29) is 6.01 Å². The molecule has 1 heterocycles. The van der Waals surface area contributed by atoms with Gasteiger partial charge in [0.15, 0.2) is 0 Å². The maximum absolute atomic E-state index is 5.92. The van der Waals surface area contributed by atoms with Crippen LogP contribution in [0.5, 0.6) is 6.01 Å². The average Bonchev–Trinajstić information content (AvgIpc) is 2.42. The van der Waals surface area contributed by atoms with Gasteiger partial charge in [0.25, 0.3) is 0 Å². The van der Waals surface area contributed by atoms with Crippen LogP contribution >= 0.6 is 27.5 Å². The van der Waals surface area contributed by atoms with Gasteiger partial charge in [-0.05, 0) is 48.0 Å². The molecule has 8 heteroatoms. The Labute approximate surface area is 136 Å². The van der Waals surface area contributed by atoms with Crippen LogP contribution in [0.25, 0.3) is 0 Å². The Hall–Kier alpha value is -1.60. The van der Waals surface area contributed by atoms with Gasteiger partial charge in [-0.3, -0.25) is 0 Å². The zero-order valence-corrected chi connectivity index (χ0v) is 14.0. The lowest BCUT2D eigenvalue weighted by atomic mass is 10.3. The summed E-state index contributed by atoms with van der Waals surface area (Å²) in [6.45, 7) is 5.03. The largest absolute Gasteiger partial charge is 0.464 e. The van der Waals surface area contributed by atoms with Gasteiger partial charge in [-0.2, -0.15) is 15.0 Å². The highest BCUT2D eigenvalue weighted by molar-refractivity contribution is 9.10. The van der Waals surface area contributed by atoms with Crippen LogP contribution in [0.1, 0.15) is 13.8 Å². The molecule has 0 saturated carbocycles. The lowest BCUT2D eigenvalue weighted by molar-refractivity contribution is 0.312. The molecule has 0 atom stereocenters. The molecule has 0 aliphatic carbocycles. The molecule has 0 aliphatic heterocycles. The van der Waals surface area contributed by atoms with Gasteiger partial charge >= 0.3 is 6.01 Å². The van der Waals surface area contributed by atoms with Crippen molar-refractivity contribution in [2.45, 2.75) is 13.8 Å². The van der Waals surface area contributed by atoms with Crippen molar-refractivity contribution >= 4 is 45.1 Å². The van der Waals surface area contributed by atoms with Crippen LogP contribution in [0.15, 0.2) is 22.7 Å². The molecule has 0 bridgehead atoms. The Morgan fingerprint density at radius 3 is 2.62 bits per heavy atom. The van der Waals surface area contributed by atoms with Gasteiger partial charge in [0, 0.05) is 16.0 Å². The quantitative estimate of drug-likeness (QED) is 0.802. The molecule has 2 N–H and O–H groups in total. The number of ether oxygens (including phenoxy) is 1. The number of rotatable bonds is 6. The van der Waals surface area contributed by atoms with Gasteiger partial charge in [-0.15, -0.1) is 0 Å². The number of nitrogens with zero attached hydrogens (tertiary/aromatic N) is 3. The summed E-state index contributed by atoms with van der Waals surface area (Å²) in [4.78, 5) is 12.7. The van der Waals surface area contributed by atoms with Crippen LogP contribution in [-0.4, -0.2) is 28.1 Å². The molecular formula is C13H15BrClN5O. The number of anilines is 3. The van der Waals surface area contributed by atoms with Gasteiger partial charge in [0.2, 0.25) is 11.9 Å². The van der Waals surface area contributed by atoms with Crippen molar-refractivity contribution in [2.24, 2.45) is 0 Å². The monoisotopic (exact) mass is 371 g/mol.